The average Bonchev–Trinajstić information content (AvgIpc) is 2.41. The maximum absolute atomic E-state index is 11.9. The van der Waals surface area contributed by atoms with Gasteiger partial charge in [-0.1, -0.05) is 56.3 Å². The molecule has 2 heteroatoms. The molecule has 1 N–H and O–H groups in total. The smallest absolute Gasteiger partial charge is 0.228 e. The van der Waals surface area contributed by atoms with E-state index in [4.69, 9.17) is 0 Å². The van der Waals surface area contributed by atoms with Crippen LogP contribution in [0.5, 0.6) is 0 Å². The van der Waals surface area contributed by atoms with E-state index in [1.165, 1.54) is 5.56 Å². The molecular weight excluding hydrogens is 246 g/mol. The third-order valence-electron chi connectivity index (χ3n) is 3.09. The van der Waals surface area contributed by atoms with E-state index < -0.39 is 0 Å². The first-order valence-corrected chi connectivity index (χ1v) is 7.06. The normalized spacial score (nSPS) is 10.6. The van der Waals surface area contributed by atoms with Gasteiger partial charge in [0.15, 0.2) is 0 Å². The van der Waals surface area contributed by atoms with Crippen molar-refractivity contribution < 1.29 is 4.79 Å². The van der Waals surface area contributed by atoms with Crippen molar-refractivity contribution in [1.29, 1.82) is 0 Å². The molecule has 0 aromatic heterocycles. The van der Waals surface area contributed by atoms with Crippen molar-refractivity contribution in [3.05, 3.63) is 65.7 Å². The van der Waals surface area contributed by atoms with Crippen LogP contribution in [0.15, 0.2) is 54.6 Å². The molecule has 2 aromatic carbocycles. The third kappa shape index (κ3) is 4.54. The first-order chi connectivity index (χ1) is 9.63. The van der Waals surface area contributed by atoms with Crippen LogP contribution in [0.25, 0.3) is 0 Å². The Morgan fingerprint density at radius 1 is 0.950 bits per heavy atom. The zero-order chi connectivity index (χ0) is 14.4. The van der Waals surface area contributed by atoms with E-state index >= 15 is 0 Å². The van der Waals surface area contributed by atoms with Crippen molar-refractivity contribution >= 4 is 11.6 Å². The van der Waals surface area contributed by atoms with E-state index in [1.807, 2.05) is 42.5 Å². The average molecular weight is 267 g/mol. The van der Waals surface area contributed by atoms with Crippen molar-refractivity contribution in [1.82, 2.24) is 0 Å². The molecule has 2 rings (SSSR count). The molecule has 104 valence electrons. The van der Waals surface area contributed by atoms with Gasteiger partial charge in [0.1, 0.15) is 0 Å². The molecule has 0 atom stereocenters. The number of para-hydroxylation sites is 1. The lowest BCUT2D eigenvalue weighted by Gasteiger charge is -2.07. The second-order valence-electron chi connectivity index (χ2n) is 5.51. The third-order valence-corrected chi connectivity index (χ3v) is 3.09. The van der Waals surface area contributed by atoms with E-state index in [2.05, 4.69) is 31.3 Å². The van der Waals surface area contributed by atoms with Crippen LogP contribution in [0.1, 0.15) is 25.0 Å². The van der Waals surface area contributed by atoms with Gasteiger partial charge in [-0.3, -0.25) is 4.79 Å². The number of carbonyl (C=O) groups is 1. The van der Waals surface area contributed by atoms with Gasteiger partial charge in [0.25, 0.3) is 0 Å². The second kappa shape index (κ2) is 6.90. The number of benzene rings is 2. The van der Waals surface area contributed by atoms with Crippen LogP contribution in [-0.4, -0.2) is 5.91 Å². The molecule has 0 aliphatic carbocycles. The zero-order valence-corrected chi connectivity index (χ0v) is 12.1. The van der Waals surface area contributed by atoms with Crippen molar-refractivity contribution in [3.63, 3.8) is 0 Å². The summed E-state index contributed by atoms with van der Waals surface area (Å²) in [6.07, 6.45) is 1.49. The largest absolute Gasteiger partial charge is 0.326 e. The fourth-order valence-corrected chi connectivity index (χ4v) is 2.18. The van der Waals surface area contributed by atoms with Gasteiger partial charge in [0.2, 0.25) is 5.91 Å². The standard InChI is InChI=1S/C18H21NO/c1-14(2)12-15-8-10-16(11-9-15)13-18(20)19-17-6-4-3-5-7-17/h3-11,14H,12-13H2,1-2H3,(H,19,20). The number of hydrogen-bond donors (Lipinski definition) is 1. The number of amides is 1. The summed E-state index contributed by atoms with van der Waals surface area (Å²) in [6.45, 7) is 4.42. The molecule has 0 spiro atoms. The Hall–Kier alpha value is -2.09. The van der Waals surface area contributed by atoms with Gasteiger partial charge in [-0.2, -0.15) is 0 Å². The van der Waals surface area contributed by atoms with E-state index in [0.717, 1.165) is 17.7 Å². The Kier molecular flexibility index (Phi) is 4.94. The van der Waals surface area contributed by atoms with Crippen molar-refractivity contribution in [3.8, 4) is 0 Å². The highest BCUT2D eigenvalue weighted by Crippen LogP contribution is 2.11. The summed E-state index contributed by atoms with van der Waals surface area (Å²) in [5.41, 5.74) is 3.21. The van der Waals surface area contributed by atoms with Gasteiger partial charge < -0.3 is 5.32 Å². The van der Waals surface area contributed by atoms with Crippen molar-refractivity contribution in [2.24, 2.45) is 5.92 Å². The molecule has 0 heterocycles. The minimum atomic E-state index is 0.0211. The second-order valence-corrected chi connectivity index (χ2v) is 5.51. The van der Waals surface area contributed by atoms with Gasteiger partial charge in [-0.05, 0) is 35.6 Å². The monoisotopic (exact) mass is 267 g/mol. The van der Waals surface area contributed by atoms with Gasteiger partial charge in [-0.25, -0.2) is 0 Å². The van der Waals surface area contributed by atoms with Crippen LogP contribution < -0.4 is 5.32 Å². The minimum absolute atomic E-state index is 0.0211. The number of carbonyl (C=O) groups excluding carboxylic acids is 1. The summed E-state index contributed by atoms with van der Waals surface area (Å²) in [5, 5.41) is 2.90. The van der Waals surface area contributed by atoms with Crippen LogP contribution in [0.4, 0.5) is 5.69 Å². The molecule has 0 unspecified atom stereocenters. The Morgan fingerprint density at radius 2 is 1.55 bits per heavy atom. The van der Waals surface area contributed by atoms with E-state index in [0.29, 0.717) is 12.3 Å². The summed E-state index contributed by atoms with van der Waals surface area (Å²) >= 11 is 0. The number of hydrogen-bond acceptors (Lipinski definition) is 1. The maximum atomic E-state index is 11.9. The van der Waals surface area contributed by atoms with Crippen LogP contribution in [0.2, 0.25) is 0 Å². The molecule has 2 nitrogen and oxygen atoms in total. The predicted octanol–water partition coefficient (Wildman–Crippen LogP) is 4.07. The molecule has 20 heavy (non-hydrogen) atoms. The predicted molar refractivity (Wildman–Crippen MR) is 83.8 cm³/mol. The van der Waals surface area contributed by atoms with Crippen LogP contribution >= 0.6 is 0 Å². The van der Waals surface area contributed by atoms with Gasteiger partial charge >= 0.3 is 0 Å². The van der Waals surface area contributed by atoms with Crippen LogP contribution in [0.3, 0.4) is 0 Å². The lowest BCUT2D eigenvalue weighted by Crippen LogP contribution is -2.14. The van der Waals surface area contributed by atoms with Crippen molar-refractivity contribution in [2.45, 2.75) is 26.7 Å². The highest BCUT2D eigenvalue weighted by atomic mass is 16.1. The Morgan fingerprint density at radius 3 is 2.15 bits per heavy atom. The molecule has 0 aliphatic rings. The number of nitrogens with one attached hydrogen (secondary N) is 1. The molecule has 0 aliphatic heterocycles. The van der Waals surface area contributed by atoms with Gasteiger partial charge in [0, 0.05) is 5.69 Å². The highest BCUT2D eigenvalue weighted by molar-refractivity contribution is 5.92. The summed E-state index contributed by atoms with van der Waals surface area (Å²) < 4.78 is 0. The SMILES string of the molecule is CC(C)Cc1ccc(CC(=O)Nc2ccccc2)cc1. The number of anilines is 1. The molecular formula is C18H21NO. The Labute approximate surface area is 120 Å². The molecule has 2 aromatic rings. The number of rotatable bonds is 5. The fourth-order valence-electron chi connectivity index (χ4n) is 2.18. The summed E-state index contributed by atoms with van der Waals surface area (Å²) in [4.78, 5) is 11.9. The highest BCUT2D eigenvalue weighted by Gasteiger charge is 2.04. The van der Waals surface area contributed by atoms with Gasteiger partial charge in [-0.15, -0.1) is 0 Å². The maximum Gasteiger partial charge on any atom is 0.228 e. The van der Waals surface area contributed by atoms with Crippen LogP contribution in [-0.2, 0) is 17.6 Å². The molecule has 0 radical (unpaired) electrons. The lowest BCUT2D eigenvalue weighted by molar-refractivity contribution is -0.115. The molecule has 0 saturated heterocycles. The molecule has 0 bridgehead atoms. The zero-order valence-electron chi connectivity index (χ0n) is 12.1. The quantitative estimate of drug-likeness (QED) is 0.869. The first kappa shape index (κ1) is 14.3. The topological polar surface area (TPSA) is 29.1 Å². The van der Waals surface area contributed by atoms with E-state index in [9.17, 15) is 4.79 Å². The molecule has 1 amide bonds. The minimum Gasteiger partial charge on any atom is -0.326 e. The summed E-state index contributed by atoms with van der Waals surface area (Å²) in [5.74, 6) is 0.676. The van der Waals surface area contributed by atoms with Crippen molar-refractivity contribution in [2.75, 3.05) is 5.32 Å². The Bertz CT molecular complexity index is 543. The molecule has 0 fully saturated rings. The van der Waals surface area contributed by atoms with Gasteiger partial charge in [0.05, 0.1) is 6.42 Å². The molecule has 0 saturated carbocycles. The summed E-state index contributed by atoms with van der Waals surface area (Å²) in [7, 11) is 0. The van der Waals surface area contributed by atoms with E-state index in [-0.39, 0.29) is 5.91 Å². The summed E-state index contributed by atoms with van der Waals surface area (Å²) in [6, 6.07) is 17.9. The Balaban J connectivity index is 1.91. The van der Waals surface area contributed by atoms with E-state index in [1.54, 1.807) is 0 Å². The van der Waals surface area contributed by atoms with Crippen LogP contribution in [0, 0.1) is 5.92 Å². The fraction of sp³-hybridized carbons (Fsp3) is 0.278. The lowest BCUT2D eigenvalue weighted by atomic mass is 10.0. The first-order valence-electron chi connectivity index (χ1n) is 7.06.